The maximum absolute atomic E-state index is 4.43. The van der Waals surface area contributed by atoms with Crippen molar-refractivity contribution in [3.63, 3.8) is 0 Å². The van der Waals surface area contributed by atoms with Gasteiger partial charge >= 0.3 is 0 Å². The molecular weight excluding hydrogens is 416 g/mol. The predicted molar refractivity (Wildman–Crippen MR) is 139 cm³/mol. The standard InChI is InChI=1S/C30H20N4/c1-3-9-21(10-4-1)27-19-24(20-31-32-27)34-28-14-8-7-13-25(28)26-16-15-22-17-18-33(29(22)30(26)34)23-11-5-2-6-12-23/h1-20H. The van der Waals surface area contributed by atoms with E-state index in [4.69, 9.17) is 0 Å². The molecule has 3 heterocycles. The Hall–Kier alpha value is -4.70. The van der Waals surface area contributed by atoms with Crippen LogP contribution in [0.4, 0.5) is 0 Å². The number of rotatable bonds is 3. The molecule has 3 aromatic heterocycles. The van der Waals surface area contributed by atoms with Crippen molar-refractivity contribution in [3.8, 4) is 22.6 Å². The molecule has 0 radical (unpaired) electrons. The van der Waals surface area contributed by atoms with Gasteiger partial charge in [-0.05, 0) is 30.3 Å². The quantitative estimate of drug-likeness (QED) is 0.294. The van der Waals surface area contributed by atoms with Gasteiger partial charge in [0, 0.05) is 33.6 Å². The van der Waals surface area contributed by atoms with Crippen LogP contribution < -0.4 is 0 Å². The lowest BCUT2D eigenvalue weighted by atomic mass is 10.1. The van der Waals surface area contributed by atoms with Crippen LogP contribution in [0.25, 0.3) is 55.3 Å². The van der Waals surface area contributed by atoms with Crippen molar-refractivity contribution in [3.05, 3.63) is 122 Å². The van der Waals surface area contributed by atoms with E-state index in [1.807, 2.05) is 24.4 Å². The minimum Gasteiger partial charge on any atom is -0.315 e. The largest absolute Gasteiger partial charge is 0.315 e. The van der Waals surface area contributed by atoms with E-state index in [-0.39, 0.29) is 0 Å². The fourth-order valence-corrected chi connectivity index (χ4v) is 4.97. The van der Waals surface area contributed by atoms with Crippen molar-refractivity contribution in [2.45, 2.75) is 0 Å². The maximum Gasteiger partial charge on any atom is 0.0950 e. The molecule has 7 aromatic rings. The van der Waals surface area contributed by atoms with Crippen molar-refractivity contribution in [1.82, 2.24) is 19.3 Å². The zero-order valence-corrected chi connectivity index (χ0v) is 18.3. The van der Waals surface area contributed by atoms with Crippen molar-refractivity contribution in [2.75, 3.05) is 0 Å². The Balaban J connectivity index is 1.61. The van der Waals surface area contributed by atoms with E-state index < -0.39 is 0 Å². The van der Waals surface area contributed by atoms with Gasteiger partial charge in [0.05, 0.1) is 34.1 Å². The summed E-state index contributed by atoms with van der Waals surface area (Å²) in [5.41, 5.74) is 7.54. The Labute approximate surface area is 196 Å². The van der Waals surface area contributed by atoms with Crippen LogP contribution in [0.1, 0.15) is 0 Å². The molecule has 34 heavy (non-hydrogen) atoms. The number of aromatic nitrogens is 4. The van der Waals surface area contributed by atoms with Crippen LogP contribution in [-0.2, 0) is 0 Å². The Bertz CT molecular complexity index is 1790. The van der Waals surface area contributed by atoms with Crippen molar-refractivity contribution >= 4 is 32.7 Å². The molecule has 0 atom stereocenters. The van der Waals surface area contributed by atoms with E-state index >= 15 is 0 Å². The Kier molecular flexibility index (Phi) is 4.11. The zero-order valence-electron chi connectivity index (χ0n) is 18.3. The summed E-state index contributed by atoms with van der Waals surface area (Å²) < 4.78 is 4.60. The Morgan fingerprint density at radius 2 is 1.35 bits per heavy atom. The lowest BCUT2D eigenvalue weighted by molar-refractivity contribution is 1.01. The first-order valence-corrected chi connectivity index (χ1v) is 11.4. The molecule has 0 unspecified atom stereocenters. The number of hydrogen-bond donors (Lipinski definition) is 0. The molecule has 0 N–H and O–H groups in total. The molecule has 4 aromatic carbocycles. The van der Waals surface area contributed by atoms with Gasteiger partial charge in [0.2, 0.25) is 0 Å². The van der Waals surface area contributed by atoms with Gasteiger partial charge in [-0.2, -0.15) is 10.2 Å². The van der Waals surface area contributed by atoms with Gasteiger partial charge in [-0.3, -0.25) is 0 Å². The second-order valence-corrected chi connectivity index (χ2v) is 8.44. The number of nitrogens with zero attached hydrogens (tertiary/aromatic N) is 4. The van der Waals surface area contributed by atoms with E-state index in [2.05, 4.69) is 117 Å². The third-order valence-corrected chi connectivity index (χ3v) is 6.49. The smallest absolute Gasteiger partial charge is 0.0950 e. The van der Waals surface area contributed by atoms with Gasteiger partial charge in [0.25, 0.3) is 0 Å². The normalized spacial score (nSPS) is 11.5. The van der Waals surface area contributed by atoms with E-state index in [0.717, 1.165) is 28.1 Å². The number of para-hydroxylation sites is 2. The van der Waals surface area contributed by atoms with Crippen LogP contribution in [-0.4, -0.2) is 19.3 Å². The zero-order chi connectivity index (χ0) is 22.5. The SMILES string of the molecule is c1ccc(-c2cc(-n3c4ccccc4c4ccc5ccn(-c6ccccc6)c5c43)cnn2)cc1. The highest BCUT2D eigenvalue weighted by Gasteiger charge is 2.18. The van der Waals surface area contributed by atoms with Crippen molar-refractivity contribution in [2.24, 2.45) is 0 Å². The molecule has 0 aliphatic carbocycles. The van der Waals surface area contributed by atoms with Gasteiger partial charge in [-0.25, -0.2) is 0 Å². The second kappa shape index (κ2) is 7.42. The fourth-order valence-electron chi connectivity index (χ4n) is 4.97. The molecule has 7 rings (SSSR count). The average Bonchev–Trinajstić information content (AvgIpc) is 3.49. The maximum atomic E-state index is 4.43. The second-order valence-electron chi connectivity index (χ2n) is 8.44. The summed E-state index contributed by atoms with van der Waals surface area (Å²) in [4.78, 5) is 0. The summed E-state index contributed by atoms with van der Waals surface area (Å²) in [5.74, 6) is 0. The molecule has 0 bridgehead atoms. The first-order valence-electron chi connectivity index (χ1n) is 11.4. The van der Waals surface area contributed by atoms with E-state index in [0.29, 0.717) is 0 Å². The summed E-state index contributed by atoms with van der Waals surface area (Å²) in [6.45, 7) is 0. The number of hydrogen-bond acceptors (Lipinski definition) is 2. The molecule has 4 nitrogen and oxygen atoms in total. The fraction of sp³-hybridized carbons (Fsp3) is 0. The van der Waals surface area contributed by atoms with E-state index in [9.17, 15) is 0 Å². The third-order valence-electron chi connectivity index (χ3n) is 6.49. The van der Waals surface area contributed by atoms with Gasteiger partial charge in [0.1, 0.15) is 0 Å². The number of fused-ring (bicyclic) bond motifs is 5. The monoisotopic (exact) mass is 436 g/mol. The lowest BCUT2D eigenvalue weighted by Crippen LogP contribution is -2.00. The van der Waals surface area contributed by atoms with Gasteiger partial charge in [-0.15, -0.1) is 0 Å². The average molecular weight is 437 g/mol. The van der Waals surface area contributed by atoms with Crippen LogP contribution in [0.2, 0.25) is 0 Å². The summed E-state index contributed by atoms with van der Waals surface area (Å²) in [6.07, 6.45) is 4.01. The Morgan fingerprint density at radius 1 is 0.588 bits per heavy atom. The highest BCUT2D eigenvalue weighted by atomic mass is 15.1. The lowest BCUT2D eigenvalue weighted by Gasteiger charge is -2.12. The highest BCUT2D eigenvalue weighted by molar-refractivity contribution is 6.18. The summed E-state index contributed by atoms with van der Waals surface area (Å²) in [7, 11) is 0. The van der Waals surface area contributed by atoms with Crippen molar-refractivity contribution < 1.29 is 0 Å². The molecule has 0 spiro atoms. The van der Waals surface area contributed by atoms with E-state index in [1.54, 1.807) is 0 Å². The molecule has 0 aliphatic heterocycles. The van der Waals surface area contributed by atoms with Crippen LogP contribution >= 0.6 is 0 Å². The molecule has 4 heteroatoms. The molecular formula is C30H20N4. The van der Waals surface area contributed by atoms with Gasteiger partial charge < -0.3 is 9.13 Å². The van der Waals surface area contributed by atoms with Crippen molar-refractivity contribution in [1.29, 1.82) is 0 Å². The summed E-state index contributed by atoms with van der Waals surface area (Å²) in [5, 5.41) is 12.5. The first-order chi connectivity index (χ1) is 16.9. The molecule has 0 fully saturated rings. The molecule has 0 aliphatic rings. The molecule has 0 saturated heterocycles. The molecule has 0 saturated carbocycles. The highest BCUT2D eigenvalue weighted by Crippen LogP contribution is 2.38. The van der Waals surface area contributed by atoms with Gasteiger partial charge in [-0.1, -0.05) is 78.9 Å². The van der Waals surface area contributed by atoms with Crippen LogP contribution in [0.5, 0.6) is 0 Å². The third kappa shape index (κ3) is 2.79. The predicted octanol–water partition coefficient (Wildman–Crippen LogP) is 7.18. The van der Waals surface area contributed by atoms with Crippen LogP contribution in [0.15, 0.2) is 122 Å². The van der Waals surface area contributed by atoms with Crippen LogP contribution in [0.3, 0.4) is 0 Å². The molecule has 0 amide bonds. The number of benzene rings is 4. The summed E-state index contributed by atoms with van der Waals surface area (Å²) >= 11 is 0. The topological polar surface area (TPSA) is 35.6 Å². The van der Waals surface area contributed by atoms with Gasteiger partial charge in [0.15, 0.2) is 0 Å². The van der Waals surface area contributed by atoms with Crippen LogP contribution in [0, 0.1) is 0 Å². The minimum atomic E-state index is 0.856. The molecule has 160 valence electrons. The first kappa shape index (κ1) is 18.8. The summed E-state index contributed by atoms with van der Waals surface area (Å²) in [6, 6.07) is 38.0. The van der Waals surface area contributed by atoms with E-state index in [1.165, 1.54) is 27.2 Å². The Morgan fingerprint density at radius 3 is 2.21 bits per heavy atom. The minimum absolute atomic E-state index is 0.856.